The van der Waals surface area contributed by atoms with Gasteiger partial charge in [0.05, 0.1) is 12.7 Å². The molecular weight excluding hydrogens is 166 g/mol. The second-order valence-corrected chi connectivity index (χ2v) is 3.82. The minimum absolute atomic E-state index is 0.0657. The van der Waals surface area contributed by atoms with Crippen LogP contribution in [0.5, 0.6) is 0 Å². The molecule has 0 heterocycles. The van der Waals surface area contributed by atoms with Gasteiger partial charge >= 0.3 is 0 Å². The highest BCUT2D eigenvalue weighted by molar-refractivity contribution is 5.03. The van der Waals surface area contributed by atoms with Crippen LogP contribution >= 0.6 is 0 Å². The topological polar surface area (TPSA) is 68.1 Å². The van der Waals surface area contributed by atoms with Crippen LogP contribution in [0.1, 0.15) is 27.2 Å². The third-order valence-corrected chi connectivity index (χ3v) is 1.66. The van der Waals surface area contributed by atoms with Crippen LogP contribution in [0.15, 0.2) is 0 Å². The monoisotopic (exact) mass is 185 g/mol. The Hall–Kier alpha value is -0.630. The summed E-state index contributed by atoms with van der Waals surface area (Å²) in [5.74, 6) is 0.466. The summed E-state index contributed by atoms with van der Waals surface area (Å²) in [4.78, 5) is 0. The summed E-state index contributed by atoms with van der Waals surface area (Å²) in [5.41, 5.74) is 5.16. The van der Waals surface area contributed by atoms with Gasteiger partial charge in [-0.25, -0.2) is 5.43 Å². The van der Waals surface area contributed by atoms with E-state index in [2.05, 4.69) is 30.8 Å². The lowest BCUT2D eigenvalue weighted by atomic mass is 9.93. The van der Waals surface area contributed by atoms with Gasteiger partial charge in [-0.05, 0) is 19.3 Å². The van der Waals surface area contributed by atoms with E-state index in [0.717, 1.165) is 6.42 Å². The van der Waals surface area contributed by atoms with E-state index in [1.165, 1.54) is 0 Å². The van der Waals surface area contributed by atoms with Crippen molar-refractivity contribution in [3.05, 3.63) is 0 Å². The van der Waals surface area contributed by atoms with Crippen LogP contribution in [0.25, 0.3) is 0 Å². The predicted molar refractivity (Wildman–Crippen MR) is 51.7 cm³/mol. The lowest BCUT2D eigenvalue weighted by molar-refractivity contribution is 0.258. The van der Waals surface area contributed by atoms with Crippen molar-refractivity contribution in [1.82, 2.24) is 10.9 Å². The van der Waals surface area contributed by atoms with Crippen molar-refractivity contribution < 1.29 is 5.11 Å². The van der Waals surface area contributed by atoms with E-state index >= 15 is 0 Å². The number of rotatable bonds is 6. The molecule has 0 spiro atoms. The Labute approximate surface area is 79.9 Å². The molecule has 76 valence electrons. The van der Waals surface area contributed by atoms with Gasteiger partial charge in [-0.3, -0.25) is 5.43 Å². The fourth-order valence-electron chi connectivity index (χ4n) is 1.25. The number of nitriles is 1. The molecule has 0 aliphatic heterocycles. The third-order valence-electron chi connectivity index (χ3n) is 1.66. The molecule has 0 aromatic rings. The van der Waals surface area contributed by atoms with E-state index in [1.807, 2.05) is 6.92 Å². The number of hydrazine groups is 1. The molecule has 0 aromatic carbocycles. The number of aliphatic hydroxyl groups is 1. The molecule has 4 heteroatoms. The summed E-state index contributed by atoms with van der Waals surface area (Å²) < 4.78 is 0. The van der Waals surface area contributed by atoms with Gasteiger partial charge in [0.2, 0.25) is 0 Å². The molecule has 1 atom stereocenters. The van der Waals surface area contributed by atoms with Crippen molar-refractivity contribution in [2.24, 2.45) is 5.92 Å². The van der Waals surface area contributed by atoms with Crippen molar-refractivity contribution >= 4 is 0 Å². The Bertz CT molecular complexity index is 176. The average Bonchev–Trinajstić information content (AvgIpc) is 2.04. The molecule has 0 fully saturated rings. The fraction of sp³-hybridized carbons (Fsp3) is 0.889. The molecule has 0 aromatic heterocycles. The molecule has 0 saturated heterocycles. The fourth-order valence-corrected chi connectivity index (χ4v) is 1.25. The first-order valence-corrected chi connectivity index (χ1v) is 4.56. The second-order valence-electron chi connectivity index (χ2n) is 3.82. The minimum Gasteiger partial charge on any atom is -0.395 e. The van der Waals surface area contributed by atoms with Gasteiger partial charge in [0.25, 0.3) is 0 Å². The Morgan fingerprint density at radius 2 is 2.15 bits per heavy atom. The molecule has 0 amide bonds. The highest BCUT2D eigenvalue weighted by Gasteiger charge is 2.23. The quantitative estimate of drug-likeness (QED) is 0.414. The Kier molecular flexibility index (Phi) is 5.63. The summed E-state index contributed by atoms with van der Waals surface area (Å²) in [6, 6.07) is 2.21. The van der Waals surface area contributed by atoms with Gasteiger partial charge in [-0.15, -0.1) is 0 Å². The molecule has 0 rings (SSSR count). The average molecular weight is 185 g/mol. The van der Waals surface area contributed by atoms with Crippen LogP contribution in [0.4, 0.5) is 0 Å². The van der Waals surface area contributed by atoms with Crippen LogP contribution < -0.4 is 10.9 Å². The van der Waals surface area contributed by atoms with Crippen molar-refractivity contribution in [3.8, 4) is 6.07 Å². The van der Waals surface area contributed by atoms with Gasteiger partial charge in [0.1, 0.15) is 5.54 Å². The summed E-state index contributed by atoms with van der Waals surface area (Å²) in [6.45, 7) is 6.51. The number of hydrogen-bond acceptors (Lipinski definition) is 4. The first-order chi connectivity index (χ1) is 6.04. The Balaban J connectivity index is 3.91. The first-order valence-electron chi connectivity index (χ1n) is 4.56. The van der Waals surface area contributed by atoms with Crippen LogP contribution in [0.3, 0.4) is 0 Å². The standard InChI is InChI=1S/C9H19N3O/c1-8(2)6-9(3,7-10)12-11-4-5-13/h8,11-13H,4-6H2,1-3H3. The summed E-state index contributed by atoms with van der Waals surface area (Å²) in [5, 5.41) is 17.5. The van der Waals surface area contributed by atoms with E-state index in [0.29, 0.717) is 12.5 Å². The van der Waals surface area contributed by atoms with Crippen LogP contribution in [-0.2, 0) is 0 Å². The molecule has 0 aliphatic carbocycles. The molecule has 4 nitrogen and oxygen atoms in total. The lowest BCUT2D eigenvalue weighted by Crippen LogP contribution is -2.50. The van der Waals surface area contributed by atoms with Crippen molar-refractivity contribution in [2.75, 3.05) is 13.2 Å². The second kappa shape index (κ2) is 5.92. The van der Waals surface area contributed by atoms with Crippen molar-refractivity contribution in [3.63, 3.8) is 0 Å². The number of nitrogens with one attached hydrogen (secondary N) is 2. The van der Waals surface area contributed by atoms with Gasteiger partial charge in [0.15, 0.2) is 0 Å². The van der Waals surface area contributed by atoms with Gasteiger partial charge < -0.3 is 5.11 Å². The number of nitrogens with zero attached hydrogens (tertiary/aromatic N) is 1. The molecule has 0 saturated carbocycles. The minimum atomic E-state index is -0.552. The zero-order chi connectivity index (χ0) is 10.3. The smallest absolute Gasteiger partial charge is 0.116 e. The van der Waals surface area contributed by atoms with E-state index in [9.17, 15) is 0 Å². The van der Waals surface area contributed by atoms with E-state index in [1.54, 1.807) is 0 Å². The molecular formula is C9H19N3O. The van der Waals surface area contributed by atoms with Crippen molar-refractivity contribution in [1.29, 1.82) is 5.26 Å². The maximum Gasteiger partial charge on any atom is 0.116 e. The Morgan fingerprint density at radius 3 is 2.54 bits per heavy atom. The normalized spacial score (nSPS) is 15.4. The molecule has 1 unspecified atom stereocenters. The summed E-state index contributed by atoms with van der Waals surface area (Å²) >= 11 is 0. The van der Waals surface area contributed by atoms with Gasteiger partial charge in [0, 0.05) is 6.54 Å². The van der Waals surface area contributed by atoms with E-state index in [-0.39, 0.29) is 6.61 Å². The number of aliphatic hydroxyl groups excluding tert-OH is 1. The van der Waals surface area contributed by atoms with Gasteiger partial charge in [-0.1, -0.05) is 13.8 Å². The predicted octanol–water partition coefficient (Wildman–Crippen LogP) is 0.401. The lowest BCUT2D eigenvalue weighted by Gasteiger charge is -2.25. The zero-order valence-corrected chi connectivity index (χ0v) is 8.59. The maximum atomic E-state index is 8.92. The highest BCUT2D eigenvalue weighted by atomic mass is 16.3. The SMILES string of the molecule is CC(C)CC(C)(C#N)NNCCO. The van der Waals surface area contributed by atoms with Crippen molar-refractivity contribution in [2.45, 2.75) is 32.7 Å². The molecule has 0 radical (unpaired) electrons. The van der Waals surface area contributed by atoms with Gasteiger partial charge in [-0.2, -0.15) is 5.26 Å². The summed E-state index contributed by atoms with van der Waals surface area (Å²) in [7, 11) is 0. The zero-order valence-electron chi connectivity index (χ0n) is 8.59. The molecule has 3 N–H and O–H groups in total. The van der Waals surface area contributed by atoms with E-state index in [4.69, 9.17) is 10.4 Å². The molecule has 0 bridgehead atoms. The van der Waals surface area contributed by atoms with Crippen LogP contribution in [-0.4, -0.2) is 23.8 Å². The van der Waals surface area contributed by atoms with Crippen LogP contribution in [0, 0.1) is 17.2 Å². The number of hydrogen-bond donors (Lipinski definition) is 3. The third kappa shape index (κ3) is 5.58. The first kappa shape index (κ1) is 12.4. The van der Waals surface area contributed by atoms with E-state index < -0.39 is 5.54 Å². The molecule has 0 aliphatic rings. The van der Waals surface area contributed by atoms with Crippen LogP contribution in [0.2, 0.25) is 0 Å². The largest absolute Gasteiger partial charge is 0.395 e. The maximum absolute atomic E-state index is 8.92. The Morgan fingerprint density at radius 1 is 1.54 bits per heavy atom. The summed E-state index contributed by atoms with van der Waals surface area (Å²) in [6.07, 6.45) is 0.780. The highest BCUT2D eigenvalue weighted by Crippen LogP contribution is 2.14. The molecule has 13 heavy (non-hydrogen) atoms.